The van der Waals surface area contributed by atoms with E-state index in [9.17, 15) is 0 Å². The molecule has 0 aromatic heterocycles. The number of nitrogens with one attached hydrogen (secondary N) is 1. The zero-order valence-corrected chi connectivity index (χ0v) is 7.65. The molecule has 0 aliphatic rings. The highest BCUT2D eigenvalue weighted by Gasteiger charge is 2.20. The van der Waals surface area contributed by atoms with Gasteiger partial charge in [0.05, 0.1) is 6.04 Å². The number of rotatable bonds is 4. The van der Waals surface area contributed by atoms with Gasteiger partial charge in [0.15, 0.2) is 0 Å². The van der Waals surface area contributed by atoms with E-state index in [1.165, 1.54) is 0 Å². The van der Waals surface area contributed by atoms with Gasteiger partial charge < -0.3 is 5.73 Å². The molecule has 0 rings (SSSR count). The Morgan fingerprint density at radius 3 is 2.55 bits per heavy atom. The van der Waals surface area contributed by atoms with E-state index >= 15 is 0 Å². The zero-order chi connectivity index (χ0) is 8.91. The van der Waals surface area contributed by atoms with Crippen LogP contribution < -0.4 is 11.1 Å². The van der Waals surface area contributed by atoms with Crippen molar-refractivity contribution in [3.8, 4) is 12.3 Å². The fourth-order valence-corrected chi connectivity index (χ4v) is 0.870. The van der Waals surface area contributed by atoms with E-state index < -0.39 is 0 Å². The quantitative estimate of drug-likeness (QED) is 0.586. The van der Waals surface area contributed by atoms with Crippen molar-refractivity contribution in [2.24, 2.45) is 5.73 Å². The first-order chi connectivity index (χ1) is 5.08. The normalized spacial score (nSPS) is 18.5. The Balaban J connectivity index is 3.99. The van der Waals surface area contributed by atoms with Gasteiger partial charge >= 0.3 is 0 Å². The summed E-state index contributed by atoms with van der Waals surface area (Å²) in [5, 5.41) is 3.28. The molecule has 3 N–H and O–H groups in total. The lowest BCUT2D eigenvalue weighted by Gasteiger charge is -2.29. The van der Waals surface area contributed by atoms with Crippen LogP contribution in [0.5, 0.6) is 0 Å². The molecule has 0 spiro atoms. The standard InChI is InChI=1S/C9H18N2/c1-5-8(3)11-9(4,6-2)7-10/h1,8,11H,6-7,10H2,2-4H3. The first-order valence-electron chi connectivity index (χ1n) is 4.02. The Bertz CT molecular complexity index is 142. The van der Waals surface area contributed by atoms with E-state index in [4.69, 9.17) is 12.2 Å². The van der Waals surface area contributed by atoms with Crippen molar-refractivity contribution in [1.82, 2.24) is 5.32 Å². The van der Waals surface area contributed by atoms with E-state index in [1.54, 1.807) is 0 Å². The Kier molecular flexibility index (Phi) is 4.17. The van der Waals surface area contributed by atoms with Gasteiger partial charge in [-0.15, -0.1) is 6.42 Å². The second kappa shape index (κ2) is 4.38. The van der Waals surface area contributed by atoms with Crippen molar-refractivity contribution in [1.29, 1.82) is 0 Å². The van der Waals surface area contributed by atoms with E-state index in [0.29, 0.717) is 6.54 Å². The molecule has 0 saturated heterocycles. The van der Waals surface area contributed by atoms with Crippen LogP contribution >= 0.6 is 0 Å². The van der Waals surface area contributed by atoms with E-state index in [1.807, 2.05) is 6.92 Å². The molecule has 0 fully saturated rings. The SMILES string of the molecule is C#CC(C)NC(C)(CC)CN. The average molecular weight is 154 g/mol. The maximum absolute atomic E-state index is 5.59. The summed E-state index contributed by atoms with van der Waals surface area (Å²) in [5.74, 6) is 2.62. The number of nitrogens with two attached hydrogens (primary N) is 1. The zero-order valence-electron chi connectivity index (χ0n) is 7.65. The van der Waals surface area contributed by atoms with Crippen molar-refractivity contribution >= 4 is 0 Å². The van der Waals surface area contributed by atoms with Crippen LogP contribution in [0.3, 0.4) is 0 Å². The second-order valence-corrected chi connectivity index (χ2v) is 3.15. The topological polar surface area (TPSA) is 38.0 Å². The van der Waals surface area contributed by atoms with Crippen LogP contribution in [0.4, 0.5) is 0 Å². The van der Waals surface area contributed by atoms with Crippen LogP contribution in [0.2, 0.25) is 0 Å². The third-order valence-electron chi connectivity index (χ3n) is 2.05. The molecule has 64 valence electrons. The fourth-order valence-electron chi connectivity index (χ4n) is 0.870. The van der Waals surface area contributed by atoms with Gasteiger partial charge in [0.25, 0.3) is 0 Å². The van der Waals surface area contributed by atoms with Crippen LogP contribution in [0.15, 0.2) is 0 Å². The molecule has 2 nitrogen and oxygen atoms in total. The monoisotopic (exact) mass is 154 g/mol. The molecule has 0 aromatic carbocycles. The highest BCUT2D eigenvalue weighted by atomic mass is 15.0. The molecule has 2 unspecified atom stereocenters. The van der Waals surface area contributed by atoms with Crippen molar-refractivity contribution < 1.29 is 0 Å². The van der Waals surface area contributed by atoms with E-state index in [2.05, 4.69) is 25.1 Å². The van der Waals surface area contributed by atoms with Crippen molar-refractivity contribution in [3.05, 3.63) is 0 Å². The van der Waals surface area contributed by atoms with Crippen molar-refractivity contribution in [3.63, 3.8) is 0 Å². The second-order valence-electron chi connectivity index (χ2n) is 3.15. The molecule has 0 heterocycles. The first-order valence-corrected chi connectivity index (χ1v) is 4.02. The minimum atomic E-state index is -0.00815. The fraction of sp³-hybridized carbons (Fsp3) is 0.778. The molecule has 0 bridgehead atoms. The maximum Gasteiger partial charge on any atom is 0.0662 e. The van der Waals surface area contributed by atoms with Crippen LogP contribution in [0, 0.1) is 12.3 Å². The summed E-state index contributed by atoms with van der Waals surface area (Å²) in [6.07, 6.45) is 6.23. The van der Waals surface area contributed by atoms with Gasteiger partial charge in [-0.1, -0.05) is 12.8 Å². The first kappa shape index (κ1) is 10.5. The molecule has 2 atom stereocenters. The Hall–Kier alpha value is -0.520. The van der Waals surface area contributed by atoms with Gasteiger partial charge in [0.2, 0.25) is 0 Å². The Morgan fingerprint density at radius 2 is 2.27 bits per heavy atom. The average Bonchev–Trinajstić information content (AvgIpc) is 2.04. The van der Waals surface area contributed by atoms with Gasteiger partial charge in [0.1, 0.15) is 0 Å². The molecular weight excluding hydrogens is 136 g/mol. The maximum atomic E-state index is 5.59. The summed E-state index contributed by atoms with van der Waals surface area (Å²) in [5.41, 5.74) is 5.58. The lowest BCUT2D eigenvalue weighted by Crippen LogP contribution is -2.51. The molecular formula is C9H18N2. The van der Waals surface area contributed by atoms with Gasteiger partial charge in [0, 0.05) is 12.1 Å². The van der Waals surface area contributed by atoms with Crippen LogP contribution in [-0.4, -0.2) is 18.1 Å². The summed E-state index contributed by atoms with van der Waals surface area (Å²) in [4.78, 5) is 0. The summed E-state index contributed by atoms with van der Waals surface area (Å²) in [6, 6.07) is 0.100. The van der Waals surface area contributed by atoms with E-state index in [0.717, 1.165) is 6.42 Å². The summed E-state index contributed by atoms with van der Waals surface area (Å²) in [7, 11) is 0. The van der Waals surface area contributed by atoms with Gasteiger partial charge in [-0.05, 0) is 20.3 Å². The van der Waals surface area contributed by atoms with Gasteiger partial charge in [-0.25, -0.2) is 0 Å². The number of hydrogen-bond acceptors (Lipinski definition) is 2. The van der Waals surface area contributed by atoms with Crippen molar-refractivity contribution in [2.45, 2.75) is 38.8 Å². The molecule has 0 aromatic rings. The van der Waals surface area contributed by atoms with Crippen molar-refractivity contribution in [2.75, 3.05) is 6.54 Å². The number of terminal acetylenes is 1. The smallest absolute Gasteiger partial charge is 0.0662 e. The van der Waals surface area contributed by atoms with Gasteiger partial charge in [-0.3, -0.25) is 5.32 Å². The lowest BCUT2D eigenvalue weighted by atomic mass is 9.98. The lowest BCUT2D eigenvalue weighted by molar-refractivity contribution is 0.340. The highest BCUT2D eigenvalue weighted by Crippen LogP contribution is 2.07. The molecule has 0 saturated carbocycles. The molecule has 0 amide bonds. The Morgan fingerprint density at radius 1 is 1.73 bits per heavy atom. The summed E-state index contributed by atoms with van der Waals surface area (Å²) in [6.45, 7) is 6.77. The minimum absolute atomic E-state index is 0.00815. The predicted octanol–water partition coefficient (Wildman–Crippen LogP) is 0.725. The molecule has 0 aliphatic heterocycles. The third-order valence-corrected chi connectivity index (χ3v) is 2.05. The number of hydrogen-bond donors (Lipinski definition) is 2. The van der Waals surface area contributed by atoms with Crippen LogP contribution in [0.25, 0.3) is 0 Å². The molecule has 11 heavy (non-hydrogen) atoms. The predicted molar refractivity (Wildman–Crippen MR) is 49.2 cm³/mol. The van der Waals surface area contributed by atoms with Crippen LogP contribution in [-0.2, 0) is 0 Å². The molecule has 0 aliphatic carbocycles. The third kappa shape index (κ3) is 3.41. The molecule has 2 heteroatoms. The Labute approximate surface area is 69.5 Å². The van der Waals surface area contributed by atoms with Gasteiger partial charge in [-0.2, -0.15) is 0 Å². The molecule has 0 radical (unpaired) electrons. The highest BCUT2D eigenvalue weighted by molar-refractivity contribution is 5.00. The van der Waals surface area contributed by atoms with E-state index in [-0.39, 0.29) is 11.6 Å². The van der Waals surface area contributed by atoms with Crippen LogP contribution in [0.1, 0.15) is 27.2 Å². The largest absolute Gasteiger partial charge is 0.329 e. The summed E-state index contributed by atoms with van der Waals surface area (Å²) < 4.78 is 0. The summed E-state index contributed by atoms with van der Waals surface area (Å²) >= 11 is 0. The minimum Gasteiger partial charge on any atom is -0.329 e.